The average molecular weight is 778 g/mol. The van der Waals surface area contributed by atoms with E-state index in [1.54, 1.807) is 45.0 Å². The molecular formula is C36H34F3N9O6S. The van der Waals surface area contributed by atoms with Crippen LogP contribution in [0.2, 0.25) is 0 Å². The van der Waals surface area contributed by atoms with E-state index in [-0.39, 0.29) is 52.0 Å². The Morgan fingerprint density at radius 3 is 2.33 bits per heavy atom. The van der Waals surface area contributed by atoms with Crippen molar-refractivity contribution in [1.29, 1.82) is 5.26 Å². The molecule has 1 unspecified atom stereocenters. The maximum atomic E-state index is 14.2. The van der Waals surface area contributed by atoms with Gasteiger partial charge in [-0.3, -0.25) is 9.12 Å². The number of nitrogens with zero attached hydrogens (tertiary/aromatic N) is 7. The number of imidazole rings is 1. The molecule has 19 heteroatoms. The molecule has 0 aliphatic rings. The van der Waals surface area contributed by atoms with Gasteiger partial charge < -0.3 is 15.9 Å². The quantitative estimate of drug-likeness (QED) is 0.145. The van der Waals surface area contributed by atoms with Crippen LogP contribution >= 0.6 is 0 Å². The third-order valence-electron chi connectivity index (χ3n) is 9.14. The Morgan fingerprint density at radius 1 is 1.00 bits per heavy atom. The van der Waals surface area contributed by atoms with Crippen molar-refractivity contribution >= 4 is 16.1 Å². The van der Waals surface area contributed by atoms with E-state index in [0.717, 1.165) is 32.9 Å². The van der Waals surface area contributed by atoms with E-state index in [1.807, 2.05) is 6.07 Å². The van der Waals surface area contributed by atoms with Crippen molar-refractivity contribution in [3.05, 3.63) is 128 Å². The van der Waals surface area contributed by atoms with Gasteiger partial charge in [-0.25, -0.2) is 18.8 Å². The second-order valence-electron chi connectivity index (χ2n) is 12.5. The zero-order chi connectivity index (χ0) is 39.3. The largest absolute Gasteiger partial charge is 0.423 e. The maximum Gasteiger partial charge on any atom is 0.416 e. The van der Waals surface area contributed by atoms with Gasteiger partial charge in [0, 0.05) is 0 Å². The van der Waals surface area contributed by atoms with Gasteiger partial charge in [0.25, 0.3) is 10.1 Å². The molecule has 0 aliphatic heterocycles. The van der Waals surface area contributed by atoms with E-state index in [4.69, 9.17) is 4.42 Å². The van der Waals surface area contributed by atoms with Crippen molar-refractivity contribution in [3.8, 4) is 28.8 Å². The molecule has 55 heavy (non-hydrogen) atoms. The van der Waals surface area contributed by atoms with Crippen molar-refractivity contribution in [3.63, 3.8) is 0 Å². The van der Waals surface area contributed by atoms with Gasteiger partial charge in [0.05, 0.1) is 57.5 Å². The number of carbonyl (C=O) groups is 1. The molecule has 5 N–H and O–H groups in total. The van der Waals surface area contributed by atoms with E-state index in [9.17, 15) is 41.0 Å². The van der Waals surface area contributed by atoms with Crippen LogP contribution in [0, 0.1) is 39.0 Å². The number of amides is 1. The van der Waals surface area contributed by atoms with Crippen LogP contribution in [0.5, 0.6) is 0 Å². The third-order valence-corrected chi connectivity index (χ3v) is 10.1. The number of alkyl halides is 3. The fourth-order valence-corrected chi connectivity index (χ4v) is 6.94. The standard InChI is InChI=1S/C36H31F3N8O6S.H3N/c1-19-20(2)25(15-30(21(19)3)54(50,51)52)16-31-43-44-33(53-31)22(4)42-34(48)46-32(29-13-14-41-47(29)27-11-9-24(18-40)10-12-27)23(5)45(35(46)49)28-8-6-7-26(17-28)36(37,38)39;/h6-15,17,22H,16H2,1-5H3,(H,42,48)(H,50,51,52);1H3. The van der Waals surface area contributed by atoms with E-state index in [2.05, 4.69) is 20.6 Å². The zero-order valence-corrected chi connectivity index (χ0v) is 30.8. The van der Waals surface area contributed by atoms with Crippen molar-refractivity contribution in [2.24, 2.45) is 0 Å². The number of nitrogens with one attached hydrogen (secondary N) is 1. The van der Waals surface area contributed by atoms with Gasteiger partial charge in [-0.1, -0.05) is 6.07 Å². The molecule has 0 saturated carbocycles. The maximum absolute atomic E-state index is 14.2. The van der Waals surface area contributed by atoms with Gasteiger partial charge in [0.2, 0.25) is 11.8 Å². The minimum Gasteiger partial charge on any atom is -0.423 e. The number of hydrogen-bond donors (Lipinski definition) is 3. The lowest BCUT2D eigenvalue weighted by molar-refractivity contribution is -0.137. The van der Waals surface area contributed by atoms with Gasteiger partial charge in [0.15, 0.2) is 0 Å². The summed E-state index contributed by atoms with van der Waals surface area (Å²) in [6.07, 6.45) is -3.30. The smallest absolute Gasteiger partial charge is 0.416 e. The number of carbonyl (C=O) groups excluding carboxylic acids is 1. The molecule has 0 bridgehead atoms. The summed E-state index contributed by atoms with van der Waals surface area (Å²) in [4.78, 5) is 28.0. The first-order valence-electron chi connectivity index (χ1n) is 16.2. The lowest BCUT2D eigenvalue weighted by Crippen LogP contribution is -2.38. The summed E-state index contributed by atoms with van der Waals surface area (Å²) in [5, 5.41) is 24.3. The second-order valence-corrected chi connectivity index (χ2v) is 13.9. The van der Waals surface area contributed by atoms with E-state index in [0.29, 0.717) is 27.9 Å². The summed E-state index contributed by atoms with van der Waals surface area (Å²) >= 11 is 0. The molecule has 0 aliphatic carbocycles. The number of hydrogen-bond acceptors (Lipinski definition) is 10. The molecule has 0 saturated heterocycles. The summed E-state index contributed by atoms with van der Waals surface area (Å²) in [5.74, 6) is -0.00412. The van der Waals surface area contributed by atoms with E-state index in [1.165, 1.54) is 42.9 Å². The molecule has 1 amide bonds. The molecule has 1 atom stereocenters. The molecule has 3 aromatic carbocycles. The van der Waals surface area contributed by atoms with Crippen molar-refractivity contribution in [2.45, 2.75) is 58.2 Å². The second kappa shape index (κ2) is 14.8. The highest BCUT2D eigenvalue weighted by atomic mass is 32.2. The summed E-state index contributed by atoms with van der Waals surface area (Å²) in [6.45, 7) is 8.07. The van der Waals surface area contributed by atoms with Crippen molar-refractivity contribution in [1.82, 2.24) is 40.6 Å². The topological polar surface area (TPSA) is 226 Å². The molecule has 0 fully saturated rings. The van der Waals surface area contributed by atoms with E-state index >= 15 is 0 Å². The van der Waals surface area contributed by atoms with E-state index < -0.39 is 39.6 Å². The van der Waals surface area contributed by atoms with Crippen LogP contribution in [0.3, 0.4) is 0 Å². The van der Waals surface area contributed by atoms with Crippen LogP contribution in [0.4, 0.5) is 18.0 Å². The predicted octanol–water partition coefficient (Wildman–Crippen LogP) is 6.32. The van der Waals surface area contributed by atoms with Crippen LogP contribution in [0.25, 0.3) is 22.8 Å². The first kappa shape index (κ1) is 39.8. The summed E-state index contributed by atoms with van der Waals surface area (Å²) < 4.78 is 83.9. The molecule has 6 aromatic rings. The lowest BCUT2D eigenvalue weighted by Gasteiger charge is -2.14. The normalized spacial score (nSPS) is 12.2. The molecule has 0 spiro atoms. The molecule has 0 radical (unpaired) electrons. The fraction of sp³-hybridized carbons (Fsp3) is 0.222. The number of nitriles is 1. The van der Waals surface area contributed by atoms with Gasteiger partial charge in [-0.15, -0.1) is 10.2 Å². The first-order valence-corrected chi connectivity index (χ1v) is 17.6. The van der Waals surface area contributed by atoms with Crippen LogP contribution in [0.1, 0.15) is 63.8 Å². The summed E-state index contributed by atoms with van der Waals surface area (Å²) in [5.41, 5.74) is 1.36. The zero-order valence-electron chi connectivity index (χ0n) is 30.0. The van der Waals surface area contributed by atoms with Crippen LogP contribution in [-0.4, -0.2) is 48.1 Å². The lowest BCUT2D eigenvalue weighted by atomic mass is 9.97. The minimum atomic E-state index is -4.71. The van der Waals surface area contributed by atoms with Gasteiger partial charge in [0.1, 0.15) is 11.7 Å². The Balaban J connectivity index is 0.00000580. The van der Waals surface area contributed by atoms with Gasteiger partial charge in [-0.05, 0) is 111 Å². The summed E-state index contributed by atoms with van der Waals surface area (Å²) in [6, 6.07) is 13.3. The number of halogens is 3. The Hall–Kier alpha value is -6.36. The molecule has 3 aromatic heterocycles. The van der Waals surface area contributed by atoms with Crippen LogP contribution < -0.4 is 17.2 Å². The molecule has 6 rings (SSSR count). The Kier molecular flexibility index (Phi) is 10.7. The van der Waals surface area contributed by atoms with Crippen LogP contribution in [0.15, 0.2) is 81.0 Å². The number of rotatable bonds is 8. The highest BCUT2D eigenvalue weighted by molar-refractivity contribution is 7.85. The minimum absolute atomic E-state index is 0. The monoisotopic (exact) mass is 777 g/mol. The third kappa shape index (κ3) is 7.55. The Labute approximate surface area is 312 Å². The fourth-order valence-electron chi connectivity index (χ4n) is 6.11. The molecule has 15 nitrogen and oxygen atoms in total. The molecule has 286 valence electrons. The Bertz CT molecular complexity index is 2650. The van der Waals surface area contributed by atoms with Gasteiger partial charge in [-0.2, -0.15) is 31.9 Å². The highest BCUT2D eigenvalue weighted by Gasteiger charge is 2.32. The number of aromatic nitrogens is 6. The van der Waals surface area contributed by atoms with Crippen molar-refractivity contribution < 1.29 is 35.4 Å². The molecular weight excluding hydrogens is 744 g/mol. The Morgan fingerprint density at radius 2 is 1.69 bits per heavy atom. The van der Waals surface area contributed by atoms with Crippen molar-refractivity contribution in [2.75, 3.05) is 0 Å². The molecule has 3 heterocycles. The highest BCUT2D eigenvalue weighted by Crippen LogP contribution is 2.32. The number of benzene rings is 3. The van der Waals surface area contributed by atoms with Crippen LogP contribution in [-0.2, 0) is 22.7 Å². The first-order chi connectivity index (χ1) is 25.4. The summed E-state index contributed by atoms with van der Waals surface area (Å²) in [7, 11) is -4.52. The SMILES string of the molecule is Cc1c(Cc2nnc(C(C)NC(=O)n3c(-c4ccnn4-c4ccc(C#N)cc4)c(C)n(-c4cccc(C(F)(F)F)c4)c3=O)o2)cc(S(=O)(=O)O)c(C)c1C.N. The van der Waals surface area contributed by atoms with Gasteiger partial charge >= 0.3 is 17.9 Å². The predicted molar refractivity (Wildman–Crippen MR) is 192 cm³/mol. The average Bonchev–Trinajstić information content (AvgIpc) is 3.85.